The lowest BCUT2D eigenvalue weighted by molar-refractivity contribution is -0.870. The van der Waals surface area contributed by atoms with Crippen molar-refractivity contribution in [2.75, 3.05) is 47.5 Å². The van der Waals surface area contributed by atoms with E-state index in [0.29, 0.717) is 6.61 Å². The average Bonchev–Trinajstić information content (AvgIpc) is 1.94. The number of hydrogen-bond acceptors (Lipinski definition) is 3. The molecule has 0 heterocycles. The Morgan fingerprint density at radius 3 is 2.08 bits per heavy atom. The summed E-state index contributed by atoms with van der Waals surface area (Å²) >= 11 is 0. The van der Waals surface area contributed by atoms with Gasteiger partial charge < -0.3 is 19.8 Å². The van der Waals surface area contributed by atoms with Crippen LogP contribution in [0.4, 0.5) is 0 Å². The van der Waals surface area contributed by atoms with E-state index in [0.717, 1.165) is 30.5 Å². The first kappa shape index (κ1) is 15.3. The SMILES string of the molecule is C[N+](C)(C)CCCOCCCO.[OH-]. The van der Waals surface area contributed by atoms with Crippen molar-refractivity contribution in [2.24, 2.45) is 0 Å². The molecule has 2 N–H and O–H groups in total. The summed E-state index contributed by atoms with van der Waals surface area (Å²) in [5, 5.41) is 8.47. The minimum atomic E-state index is 0. The summed E-state index contributed by atoms with van der Waals surface area (Å²) < 4.78 is 6.29. The smallest absolute Gasteiger partial charge is 0.0802 e. The Hall–Kier alpha value is -0.160. The fourth-order valence-electron chi connectivity index (χ4n) is 0.910. The minimum Gasteiger partial charge on any atom is -0.870 e. The van der Waals surface area contributed by atoms with Gasteiger partial charge in [-0.15, -0.1) is 0 Å². The molecular formula is C9H23NO3. The number of aliphatic hydroxyl groups excluding tert-OH is 1. The molecule has 0 unspecified atom stereocenters. The summed E-state index contributed by atoms with van der Waals surface area (Å²) in [5.41, 5.74) is 0. The topological polar surface area (TPSA) is 59.5 Å². The Morgan fingerprint density at radius 1 is 1.08 bits per heavy atom. The zero-order chi connectivity index (χ0) is 9.45. The second kappa shape index (κ2) is 8.44. The van der Waals surface area contributed by atoms with E-state index < -0.39 is 0 Å². The Morgan fingerprint density at radius 2 is 1.62 bits per heavy atom. The summed E-state index contributed by atoms with van der Waals surface area (Å²) in [6.07, 6.45) is 1.85. The van der Waals surface area contributed by atoms with Gasteiger partial charge >= 0.3 is 0 Å². The molecule has 4 heteroatoms. The molecular weight excluding hydrogens is 170 g/mol. The molecule has 4 nitrogen and oxygen atoms in total. The molecule has 0 saturated carbocycles. The predicted octanol–water partition coefficient (Wildman–Crippen LogP) is 0.305. The van der Waals surface area contributed by atoms with Gasteiger partial charge in [0.1, 0.15) is 0 Å². The zero-order valence-corrected chi connectivity index (χ0v) is 8.99. The summed E-state index contributed by atoms with van der Waals surface area (Å²) in [6, 6.07) is 0. The van der Waals surface area contributed by atoms with Crippen molar-refractivity contribution in [1.82, 2.24) is 0 Å². The van der Waals surface area contributed by atoms with Crippen molar-refractivity contribution in [1.29, 1.82) is 0 Å². The van der Waals surface area contributed by atoms with Crippen LogP contribution < -0.4 is 0 Å². The second-order valence-electron chi connectivity index (χ2n) is 4.06. The molecule has 0 aliphatic rings. The molecule has 0 aromatic carbocycles. The zero-order valence-electron chi connectivity index (χ0n) is 8.99. The van der Waals surface area contributed by atoms with Gasteiger partial charge in [0.05, 0.1) is 34.3 Å². The van der Waals surface area contributed by atoms with Crippen molar-refractivity contribution in [3.05, 3.63) is 0 Å². The lowest BCUT2D eigenvalue weighted by Crippen LogP contribution is -2.35. The van der Waals surface area contributed by atoms with E-state index in [-0.39, 0.29) is 12.1 Å². The molecule has 0 aliphatic carbocycles. The Bertz CT molecular complexity index is 102. The molecule has 0 amide bonds. The Labute approximate surface area is 81.0 Å². The lowest BCUT2D eigenvalue weighted by Gasteiger charge is -2.23. The molecule has 0 aromatic rings. The molecule has 0 bridgehead atoms. The van der Waals surface area contributed by atoms with E-state index in [4.69, 9.17) is 9.84 Å². The molecule has 82 valence electrons. The summed E-state index contributed by atoms with van der Waals surface area (Å²) in [5.74, 6) is 0. The van der Waals surface area contributed by atoms with Gasteiger partial charge in [0, 0.05) is 19.6 Å². The first-order valence-electron chi connectivity index (χ1n) is 4.55. The third-order valence-electron chi connectivity index (χ3n) is 1.56. The van der Waals surface area contributed by atoms with E-state index in [1.807, 2.05) is 0 Å². The normalized spacial score (nSPS) is 11.1. The van der Waals surface area contributed by atoms with Crippen LogP contribution in [0.1, 0.15) is 12.8 Å². The summed E-state index contributed by atoms with van der Waals surface area (Å²) in [4.78, 5) is 0. The second-order valence-corrected chi connectivity index (χ2v) is 4.06. The number of ether oxygens (including phenoxy) is 1. The van der Waals surface area contributed by atoms with Crippen LogP contribution in [0.25, 0.3) is 0 Å². The molecule has 0 fully saturated rings. The molecule has 0 rings (SSSR count). The van der Waals surface area contributed by atoms with Gasteiger partial charge in [-0.25, -0.2) is 0 Å². The highest BCUT2D eigenvalue weighted by molar-refractivity contribution is 4.35. The van der Waals surface area contributed by atoms with Crippen LogP contribution in [-0.2, 0) is 4.74 Å². The summed E-state index contributed by atoms with van der Waals surface area (Å²) in [7, 11) is 6.52. The van der Waals surface area contributed by atoms with Crippen LogP contribution in [0.3, 0.4) is 0 Å². The minimum absolute atomic E-state index is 0. The highest BCUT2D eigenvalue weighted by Gasteiger charge is 2.04. The van der Waals surface area contributed by atoms with Crippen molar-refractivity contribution in [2.45, 2.75) is 12.8 Å². The van der Waals surface area contributed by atoms with Gasteiger partial charge in [-0.3, -0.25) is 0 Å². The quantitative estimate of drug-likeness (QED) is 0.467. The van der Waals surface area contributed by atoms with Crippen molar-refractivity contribution in [3.63, 3.8) is 0 Å². The van der Waals surface area contributed by atoms with Crippen LogP contribution in [0, 0.1) is 0 Å². The van der Waals surface area contributed by atoms with Crippen molar-refractivity contribution < 1.29 is 19.8 Å². The fraction of sp³-hybridized carbons (Fsp3) is 1.00. The van der Waals surface area contributed by atoms with Crippen molar-refractivity contribution in [3.8, 4) is 0 Å². The van der Waals surface area contributed by atoms with Gasteiger partial charge in [-0.05, 0) is 6.42 Å². The standard InChI is InChI=1S/C9H22NO2.H2O/c1-10(2,3)6-4-8-12-9-5-7-11;/h11H,4-9H2,1-3H3;1H2/q+1;/p-1. The van der Waals surface area contributed by atoms with Crippen LogP contribution in [-0.4, -0.2) is 62.6 Å². The van der Waals surface area contributed by atoms with E-state index in [1.54, 1.807) is 0 Å². The maximum atomic E-state index is 8.47. The monoisotopic (exact) mass is 193 g/mol. The fourth-order valence-corrected chi connectivity index (χ4v) is 0.910. The molecule has 0 saturated heterocycles. The third-order valence-corrected chi connectivity index (χ3v) is 1.56. The summed E-state index contributed by atoms with van der Waals surface area (Å²) in [6.45, 7) is 2.87. The first-order valence-corrected chi connectivity index (χ1v) is 4.55. The first-order chi connectivity index (χ1) is 5.56. The molecule has 0 atom stereocenters. The molecule has 13 heavy (non-hydrogen) atoms. The van der Waals surface area contributed by atoms with Gasteiger partial charge in [-0.2, -0.15) is 0 Å². The number of quaternary nitrogens is 1. The van der Waals surface area contributed by atoms with Crippen LogP contribution in [0.5, 0.6) is 0 Å². The van der Waals surface area contributed by atoms with E-state index in [9.17, 15) is 0 Å². The Kier molecular flexibility index (Phi) is 9.94. The molecule has 0 aromatic heterocycles. The molecule has 0 aliphatic heterocycles. The van der Waals surface area contributed by atoms with E-state index in [1.165, 1.54) is 0 Å². The highest BCUT2D eigenvalue weighted by Crippen LogP contribution is 1.94. The van der Waals surface area contributed by atoms with Crippen LogP contribution in [0.2, 0.25) is 0 Å². The maximum Gasteiger partial charge on any atom is 0.0802 e. The highest BCUT2D eigenvalue weighted by atomic mass is 16.5. The maximum absolute atomic E-state index is 8.47. The van der Waals surface area contributed by atoms with E-state index >= 15 is 0 Å². The van der Waals surface area contributed by atoms with Crippen molar-refractivity contribution >= 4 is 0 Å². The van der Waals surface area contributed by atoms with Gasteiger partial charge in [0.25, 0.3) is 0 Å². The predicted molar refractivity (Wildman–Crippen MR) is 52.0 cm³/mol. The molecule has 0 radical (unpaired) electrons. The number of aliphatic hydroxyl groups is 1. The Balaban J connectivity index is 0. The van der Waals surface area contributed by atoms with Gasteiger partial charge in [0.15, 0.2) is 0 Å². The van der Waals surface area contributed by atoms with Gasteiger partial charge in [0.2, 0.25) is 0 Å². The van der Waals surface area contributed by atoms with E-state index in [2.05, 4.69) is 21.1 Å². The number of rotatable bonds is 7. The lowest BCUT2D eigenvalue weighted by atomic mass is 10.4. The average molecular weight is 193 g/mol. The largest absolute Gasteiger partial charge is 0.870 e. The number of nitrogens with zero attached hydrogens (tertiary/aromatic N) is 1. The van der Waals surface area contributed by atoms with Crippen LogP contribution in [0.15, 0.2) is 0 Å². The van der Waals surface area contributed by atoms with Gasteiger partial charge in [-0.1, -0.05) is 0 Å². The van der Waals surface area contributed by atoms with Crippen LogP contribution >= 0.6 is 0 Å². The molecule has 0 spiro atoms. The number of hydrogen-bond donors (Lipinski definition) is 1. The third kappa shape index (κ3) is 14.7.